The molecule has 0 unspecified atom stereocenters. The zero-order valence-corrected chi connectivity index (χ0v) is 13.5. The molecule has 0 aromatic carbocycles. The Morgan fingerprint density at radius 1 is 1.43 bits per heavy atom. The number of rotatable bonds is 2. The van der Waals surface area contributed by atoms with Crippen molar-refractivity contribution in [1.29, 1.82) is 0 Å². The van der Waals surface area contributed by atoms with E-state index >= 15 is 0 Å². The zero-order valence-electron chi connectivity index (χ0n) is 13.5. The van der Waals surface area contributed by atoms with Crippen molar-refractivity contribution in [1.82, 2.24) is 0 Å². The first-order valence-corrected chi connectivity index (χ1v) is 8.21. The largest absolute Gasteiger partial charge is 0.469 e. The molecule has 1 aromatic rings. The summed E-state index contributed by atoms with van der Waals surface area (Å²) in [5.41, 5.74) is 1.12. The van der Waals surface area contributed by atoms with Crippen LogP contribution in [-0.2, 0) is 16.0 Å². The lowest BCUT2D eigenvalue weighted by atomic mass is 9.54. The van der Waals surface area contributed by atoms with Gasteiger partial charge in [-0.1, -0.05) is 40.5 Å². The molecule has 0 spiro atoms. The number of esters is 1. The third-order valence-corrected chi connectivity index (χ3v) is 5.90. The van der Waals surface area contributed by atoms with Gasteiger partial charge in [0, 0.05) is 17.4 Å². The maximum Gasteiger partial charge on any atom is 0.309 e. The number of carbonyl (C=O) groups is 1. The van der Waals surface area contributed by atoms with Crippen molar-refractivity contribution >= 4 is 5.97 Å². The summed E-state index contributed by atoms with van der Waals surface area (Å²) < 4.78 is 11.6. The highest BCUT2D eigenvalue weighted by Gasteiger charge is 2.53. The van der Waals surface area contributed by atoms with E-state index in [0.29, 0.717) is 11.8 Å². The fourth-order valence-electron chi connectivity index (χ4n) is 4.24. The van der Waals surface area contributed by atoms with E-state index in [1.807, 2.05) is 19.9 Å². The van der Waals surface area contributed by atoms with Gasteiger partial charge in [0.25, 0.3) is 0 Å². The molecule has 2 aliphatic carbocycles. The highest BCUT2D eigenvalue weighted by Crippen LogP contribution is 2.58. The molecule has 1 fully saturated rings. The number of hydrogen-bond donors (Lipinski definition) is 0. The van der Waals surface area contributed by atoms with Gasteiger partial charge in [0.2, 0.25) is 0 Å². The quantitative estimate of drug-likeness (QED) is 0.752. The van der Waals surface area contributed by atoms with Crippen molar-refractivity contribution < 1.29 is 13.9 Å². The van der Waals surface area contributed by atoms with Gasteiger partial charge < -0.3 is 9.15 Å². The van der Waals surface area contributed by atoms with E-state index in [0.717, 1.165) is 17.7 Å². The molecular weight excluding hydrogens is 264 g/mol. The minimum Gasteiger partial charge on any atom is -0.469 e. The molecule has 116 valence electrons. The van der Waals surface area contributed by atoms with Crippen LogP contribution in [0.2, 0.25) is 0 Å². The van der Waals surface area contributed by atoms with Crippen molar-refractivity contribution in [2.24, 2.45) is 23.2 Å². The van der Waals surface area contributed by atoms with E-state index in [1.165, 1.54) is 19.3 Å². The SMILES string of the molecule is CC(C)C(=O)O[C@@H]1c2ccoc2C[C@H]2CCC[C@H](C)[C@]21C. The Morgan fingerprint density at radius 3 is 2.90 bits per heavy atom. The van der Waals surface area contributed by atoms with Gasteiger partial charge in [0.1, 0.15) is 11.9 Å². The van der Waals surface area contributed by atoms with E-state index in [-0.39, 0.29) is 23.4 Å². The normalized spacial score (nSPS) is 35.2. The minimum atomic E-state index is -0.157. The average molecular weight is 290 g/mol. The highest BCUT2D eigenvalue weighted by molar-refractivity contribution is 5.72. The van der Waals surface area contributed by atoms with Gasteiger partial charge in [-0.3, -0.25) is 4.79 Å². The number of carbonyl (C=O) groups excluding carboxylic acids is 1. The molecule has 1 heterocycles. The van der Waals surface area contributed by atoms with Crippen LogP contribution >= 0.6 is 0 Å². The Morgan fingerprint density at radius 2 is 2.19 bits per heavy atom. The van der Waals surface area contributed by atoms with Crippen molar-refractivity contribution in [3.63, 3.8) is 0 Å². The van der Waals surface area contributed by atoms with Crippen LogP contribution in [-0.4, -0.2) is 5.97 Å². The maximum atomic E-state index is 12.2. The van der Waals surface area contributed by atoms with Crippen LogP contribution in [0.5, 0.6) is 0 Å². The van der Waals surface area contributed by atoms with E-state index in [9.17, 15) is 4.79 Å². The molecule has 0 amide bonds. The van der Waals surface area contributed by atoms with Crippen molar-refractivity contribution in [2.75, 3.05) is 0 Å². The molecule has 0 N–H and O–H groups in total. The van der Waals surface area contributed by atoms with Crippen LogP contribution < -0.4 is 0 Å². The second-order valence-corrected chi connectivity index (χ2v) is 7.37. The second kappa shape index (κ2) is 5.19. The topological polar surface area (TPSA) is 39.4 Å². The van der Waals surface area contributed by atoms with Crippen LogP contribution in [0.3, 0.4) is 0 Å². The summed E-state index contributed by atoms with van der Waals surface area (Å²) >= 11 is 0. The molecule has 0 saturated heterocycles. The van der Waals surface area contributed by atoms with E-state index < -0.39 is 0 Å². The molecule has 1 aromatic heterocycles. The smallest absolute Gasteiger partial charge is 0.309 e. The first-order valence-electron chi connectivity index (χ1n) is 8.21. The van der Waals surface area contributed by atoms with Crippen LogP contribution in [0.25, 0.3) is 0 Å². The predicted molar refractivity (Wildman–Crippen MR) is 80.7 cm³/mol. The Bertz CT molecular complexity index is 530. The third kappa shape index (κ3) is 2.21. The average Bonchev–Trinajstić information content (AvgIpc) is 2.89. The summed E-state index contributed by atoms with van der Waals surface area (Å²) in [6.45, 7) is 8.42. The summed E-state index contributed by atoms with van der Waals surface area (Å²) in [6, 6.07) is 2.00. The Labute approximate surface area is 127 Å². The monoisotopic (exact) mass is 290 g/mol. The Hall–Kier alpha value is -1.25. The van der Waals surface area contributed by atoms with Gasteiger partial charge in [-0.05, 0) is 24.3 Å². The van der Waals surface area contributed by atoms with Gasteiger partial charge in [0.15, 0.2) is 0 Å². The van der Waals surface area contributed by atoms with E-state index in [2.05, 4.69) is 13.8 Å². The molecule has 0 aliphatic heterocycles. The Kier molecular flexibility index (Phi) is 3.62. The standard InChI is InChI=1S/C18H26O3/c1-11(2)17(19)21-16-14-8-9-20-15(14)10-13-7-5-6-12(3)18(13,16)4/h8-9,11-13,16H,5-7,10H2,1-4H3/t12-,13+,16+,18+/m0/s1. The van der Waals surface area contributed by atoms with Gasteiger partial charge >= 0.3 is 5.97 Å². The Balaban J connectivity index is 2.01. The molecule has 3 heteroatoms. The van der Waals surface area contributed by atoms with Gasteiger partial charge in [-0.15, -0.1) is 0 Å². The molecule has 3 rings (SSSR count). The first-order chi connectivity index (χ1) is 9.94. The number of furan rings is 1. The lowest BCUT2D eigenvalue weighted by Crippen LogP contribution is -2.47. The first kappa shape index (κ1) is 14.7. The molecule has 1 saturated carbocycles. The van der Waals surface area contributed by atoms with Gasteiger partial charge in [-0.25, -0.2) is 0 Å². The molecular formula is C18H26O3. The minimum absolute atomic E-state index is 0.0275. The zero-order chi connectivity index (χ0) is 15.2. The van der Waals surface area contributed by atoms with Gasteiger partial charge in [-0.2, -0.15) is 0 Å². The summed E-state index contributed by atoms with van der Waals surface area (Å²) in [6.07, 6.45) is 6.26. The van der Waals surface area contributed by atoms with Crippen LogP contribution in [0.1, 0.15) is 64.4 Å². The number of fused-ring (bicyclic) bond motifs is 2. The van der Waals surface area contributed by atoms with Gasteiger partial charge in [0.05, 0.1) is 12.2 Å². The molecule has 3 nitrogen and oxygen atoms in total. The molecule has 0 bridgehead atoms. The fourth-order valence-corrected chi connectivity index (χ4v) is 4.24. The summed E-state index contributed by atoms with van der Waals surface area (Å²) in [7, 11) is 0. The lowest BCUT2D eigenvalue weighted by molar-refractivity contribution is -0.172. The van der Waals surface area contributed by atoms with E-state index in [4.69, 9.17) is 9.15 Å². The van der Waals surface area contributed by atoms with Crippen molar-refractivity contribution in [3.05, 3.63) is 23.7 Å². The summed E-state index contributed by atoms with van der Waals surface area (Å²) in [4.78, 5) is 12.2. The fraction of sp³-hybridized carbons (Fsp3) is 0.722. The second-order valence-electron chi connectivity index (χ2n) is 7.37. The summed E-state index contributed by atoms with van der Waals surface area (Å²) in [5.74, 6) is 1.93. The van der Waals surface area contributed by atoms with Crippen LogP contribution in [0, 0.1) is 23.2 Å². The van der Waals surface area contributed by atoms with Crippen molar-refractivity contribution in [2.45, 2.75) is 59.5 Å². The number of ether oxygens (including phenoxy) is 1. The predicted octanol–water partition coefficient (Wildman–Crippen LogP) is 4.52. The third-order valence-electron chi connectivity index (χ3n) is 5.90. The maximum absolute atomic E-state index is 12.2. The summed E-state index contributed by atoms with van der Waals surface area (Å²) in [5, 5.41) is 0. The number of hydrogen-bond acceptors (Lipinski definition) is 3. The van der Waals surface area contributed by atoms with Crippen LogP contribution in [0.15, 0.2) is 16.7 Å². The molecule has 4 atom stereocenters. The lowest BCUT2D eigenvalue weighted by Gasteiger charge is -2.52. The molecule has 2 aliphatic rings. The van der Waals surface area contributed by atoms with Crippen molar-refractivity contribution in [3.8, 4) is 0 Å². The van der Waals surface area contributed by atoms with E-state index in [1.54, 1.807) is 6.26 Å². The molecule has 21 heavy (non-hydrogen) atoms. The molecule has 0 radical (unpaired) electrons. The van der Waals surface area contributed by atoms with Crippen LogP contribution in [0.4, 0.5) is 0 Å². The highest BCUT2D eigenvalue weighted by atomic mass is 16.5.